The maximum atomic E-state index is 9.24. The van der Waals surface area contributed by atoms with E-state index in [4.69, 9.17) is 5.11 Å². The predicted molar refractivity (Wildman–Crippen MR) is 22.5 cm³/mol. The van der Waals surface area contributed by atoms with Gasteiger partial charge in [-0.1, -0.05) is 0 Å². The Morgan fingerprint density at radius 3 is 1.75 bits per heavy atom. The van der Waals surface area contributed by atoms with Crippen LogP contribution in [0.25, 0.3) is 0 Å². The molecule has 0 heterocycles. The van der Waals surface area contributed by atoms with E-state index in [1.807, 2.05) is 0 Å². The molecule has 0 rings (SSSR count). The summed E-state index contributed by atoms with van der Waals surface area (Å²) in [5.74, 6) is -0.968. The van der Waals surface area contributed by atoms with E-state index in [9.17, 15) is 4.79 Å². The molecule has 0 unspecified atom stereocenters. The smallest absolute Gasteiger partial charge is 1.00 e. The number of rotatable bonds is 1. The number of nitrogens with two attached hydrogens (primary N) is 1. The molecule has 6 heteroatoms. The summed E-state index contributed by atoms with van der Waals surface area (Å²) in [6.45, 7) is -0.278. The molecule has 42 valence electrons. The van der Waals surface area contributed by atoms with Crippen molar-refractivity contribution in [1.29, 1.82) is 0 Å². The fourth-order valence-corrected chi connectivity index (χ4v) is 0. The molecular formula is C2H9NNa2O3. The Balaban J connectivity index is -0.00000000800. The van der Waals surface area contributed by atoms with Gasteiger partial charge in [-0.25, -0.2) is 0 Å². The Bertz CT molecular complexity index is 57.8. The molecule has 0 radical (unpaired) electrons. The number of hydrogen-bond acceptors (Lipinski definition) is 2. The van der Waals surface area contributed by atoms with Gasteiger partial charge in [0.15, 0.2) is 0 Å². The van der Waals surface area contributed by atoms with E-state index in [0.29, 0.717) is 0 Å². The van der Waals surface area contributed by atoms with E-state index in [2.05, 4.69) is 5.73 Å². The van der Waals surface area contributed by atoms with E-state index < -0.39 is 5.97 Å². The molecule has 0 aromatic rings. The Morgan fingerprint density at radius 2 is 1.75 bits per heavy atom. The van der Waals surface area contributed by atoms with Gasteiger partial charge in [0, 0.05) is 0 Å². The van der Waals surface area contributed by atoms with Crippen LogP contribution in [0.4, 0.5) is 0 Å². The molecule has 0 spiro atoms. The zero-order valence-corrected chi connectivity index (χ0v) is 9.14. The largest absolute Gasteiger partial charge is 1.00 e. The molecule has 0 amide bonds. The van der Waals surface area contributed by atoms with Crippen molar-refractivity contribution in [3.8, 4) is 0 Å². The summed E-state index contributed by atoms with van der Waals surface area (Å²) >= 11 is 0. The zero-order chi connectivity index (χ0) is 4.28. The third kappa shape index (κ3) is 26.3. The number of carbonyl (C=O) groups is 1. The second-order valence-corrected chi connectivity index (χ2v) is 0.598. The zero-order valence-electron chi connectivity index (χ0n) is 7.14. The van der Waals surface area contributed by atoms with Crippen LogP contribution in [-0.4, -0.2) is 23.1 Å². The summed E-state index contributed by atoms with van der Waals surface area (Å²) in [6.07, 6.45) is 0. The van der Waals surface area contributed by atoms with Crippen LogP contribution in [0, 0.1) is 0 Å². The summed E-state index contributed by atoms with van der Waals surface area (Å²) in [7, 11) is 0. The molecule has 5 N–H and O–H groups in total. The van der Waals surface area contributed by atoms with Crippen LogP contribution < -0.4 is 64.8 Å². The summed E-state index contributed by atoms with van der Waals surface area (Å²) in [5, 5.41) is 7.60. The number of carboxylic acids is 1. The van der Waals surface area contributed by atoms with Crippen molar-refractivity contribution in [3.63, 3.8) is 0 Å². The first-order chi connectivity index (χ1) is 2.27. The summed E-state index contributed by atoms with van der Waals surface area (Å²) in [5.41, 5.74) is 4.57. The van der Waals surface area contributed by atoms with E-state index in [0.717, 1.165) is 0 Å². The van der Waals surface area contributed by atoms with Gasteiger partial charge in [0.1, 0.15) is 0 Å². The molecule has 0 aromatic heterocycles. The van der Waals surface area contributed by atoms with Gasteiger partial charge >= 0.3 is 65.1 Å². The Kier molecular flexibility index (Phi) is 44.9. The molecule has 8 heavy (non-hydrogen) atoms. The SMILES string of the molecule is NCC(=O)O.O.[H-].[H-].[Na+].[Na+]. The third-order valence-corrected chi connectivity index (χ3v) is 0.175. The van der Waals surface area contributed by atoms with Gasteiger partial charge in [-0.05, 0) is 0 Å². The van der Waals surface area contributed by atoms with Crippen molar-refractivity contribution in [3.05, 3.63) is 0 Å². The Morgan fingerprint density at radius 1 is 1.62 bits per heavy atom. The van der Waals surface area contributed by atoms with Gasteiger partial charge in [-0.15, -0.1) is 0 Å². The number of hydrogen-bond donors (Lipinski definition) is 2. The maximum absolute atomic E-state index is 9.24. The molecule has 0 aliphatic heterocycles. The van der Waals surface area contributed by atoms with Crippen LogP contribution in [0.3, 0.4) is 0 Å². The molecule has 0 aliphatic carbocycles. The first kappa shape index (κ1) is 22.8. The van der Waals surface area contributed by atoms with E-state index >= 15 is 0 Å². The van der Waals surface area contributed by atoms with E-state index in [1.54, 1.807) is 0 Å². The minimum Gasteiger partial charge on any atom is -1.00 e. The van der Waals surface area contributed by atoms with Crippen molar-refractivity contribution < 1.29 is 77.3 Å². The number of carboxylic acid groups (broad SMARTS) is 1. The molecule has 0 saturated heterocycles. The third-order valence-electron chi connectivity index (χ3n) is 0.175. The van der Waals surface area contributed by atoms with Crippen molar-refractivity contribution in [1.82, 2.24) is 0 Å². The van der Waals surface area contributed by atoms with E-state index in [-0.39, 0.29) is 74.0 Å². The first-order valence-corrected chi connectivity index (χ1v) is 1.19. The normalized spacial score (nSPS) is 4.62. The van der Waals surface area contributed by atoms with Gasteiger partial charge in [0.25, 0.3) is 0 Å². The molecule has 0 fully saturated rings. The van der Waals surface area contributed by atoms with Crippen LogP contribution >= 0.6 is 0 Å². The first-order valence-electron chi connectivity index (χ1n) is 1.19. The topological polar surface area (TPSA) is 94.8 Å². The van der Waals surface area contributed by atoms with Crippen LogP contribution in [0.5, 0.6) is 0 Å². The van der Waals surface area contributed by atoms with Gasteiger partial charge < -0.3 is 19.2 Å². The van der Waals surface area contributed by atoms with Crippen LogP contribution in [0.1, 0.15) is 2.85 Å². The minimum atomic E-state index is -0.968. The molecule has 0 aliphatic rings. The monoisotopic (exact) mass is 141 g/mol. The van der Waals surface area contributed by atoms with Crippen molar-refractivity contribution >= 4 is 5.97 Å². The molecule has 0 aromatic carbocycles. The van der Waals surface area contributed by atoms with Gasteiger partial charge in [-0.3, -0.25) is 4.79 Å². The fraction of sp³-hybridized carbons (Fsp3) is 0.500. The average molecular weight is 141 g/mol. The van der Waals surface area contributed by atoms with Gasteiger partial charge in [-0.2, -0.15) is 0 Å². The second kappa shape index (κ2) is 15.8. The van der Waals surface area contributed by atoms with Crippen molar-refractivity contribution in [2.75, 3.05) is 6.54 Å². The molecule has 0 bridgehead atoms. The second-order valence-electron chi connectivity index (χ2n) is 0.598. The van der Waals surface area contributed by atoms with Gasteiger partial charge in [0.2, 0.25) is 0 Å². The Labute approximate surface area is 94.7 Å². The maximum Gasteiger partial charge on any atom is 1.00 e. The van der Waals surface area contributed by atoms with Crippen molar-refractivity contribution in [2.24, 2.45) is 5.73 Å². The average Bonchev–Trinajstić information content (AvgIpc) is 1.38. The minimum absolute atomic E-state index is 0. The number of aliphatic carboxylic acids is 1. The fourth-order valence-electron chi connectivity index (χ4n) is 0. The van der Waals surface area contributed by atoms with Crippen molar-refractivity contribution in [2.45, 2.75) is 0 Å². The van der Waals surface area contributed by atoms with Crippen LogP contribution in [0.15, 0.2) is 0 Å². The van der Waals surface area contributed by atoms with Crippen LogP contribution in [-0.2, 0) is 4.79 Å². The summed E-state index contributed by atoms with van der Waals surface area (Å²) in [4.78, 5) is 9.24. The molecular weight excluding hydrogens is 132 g/mol. The Hall–Kier alpha value is 1.39. The van der Waals surface area contributed by atoms with Gasteiger partial charge in [0.05, 0.1) is 6.54 Å². The quantitative estimate of drug-likeness (QED) is 0.355. The predicted octanol–water partition coefficient (Wildman–Crippen LogP) is -7.56. The summed E-state index contributed by atoms with van der Waals surface area (Å²) in [6, 6.07) is 0. The van der Waals surface area contributed by atoms with Crippen LogP contribution in [0.2, 0.25) is 0 Å². The van der Waals surface area contributed by atoms with E-state index in [1.165, 1.54) is 0 Å². The molecule has 4 nitrogen and oxygen atoms in total. The standard InChI is InChI=1S/C2H5NO2.2Na.H2O.2H/c3-1-2(4)5;;;;;/h1,3H2,(H,4,5);;;1H2;;/q;2*+1;;2*-1. The molecule has 0 atom stereocenters. The molecule has 0 saturated carbocycles. The summed E-state index contributed by atoms with van der Waals surface area (Å²) < 4.78 is 0.